The van der Waals surface area contributed by atoms with Crippen LogP contribution in [0.25, 0.3) is 0 Å². The van der Waals surface area contributed by atoms with Gasteiger partial charge in [-0.05, 0) is 23.6 Å². The van der Waals surface area contributed by atoms with Crippen LogP contribution in [0.2, 0.25) is 0 Å². The highest BCUT2D eigenvalue weighted by Gasteiger charge is 2.24. The van der Waals surface area contributed by atoms with E-state index in [1.54, 1.807) is 12.1 Å². The molecular weight excluding hydrogens is 196 g/mol. The van der Waals surface area contributed by atoms with Gasteiger partial charge in [-0.2, -0.15) is 0 Å². The van der Waals surface area contributed by atoms with Gasteiger partial charge in [0.15, 0.2) is 0 Å². The van der Waals surface area contributed by atoms with E-state index in [9.17, 15) is 9.90 Å². The number of ether oxygens (including phenoxy) is 1. The van der Waals surface area contributed by atoms with Crippen LogP contribution in [-0.2, 0) is 24.4 Å². The van der Waals surface area contributed by atoms with Crippen molar-refractivity contribution < 1.29 is 19.7 Å². The molecule has 0 saturated heterocycles. The third-order valence-corrected chi connectivity index (χ3v) is 2.63. The van der Waals surface area contributed by atoms with Gasteiger partial charge in [-0.15, -0.1) is 0 Å². The van der Waals surface area contributed by atoms with Crippen LogP contribution in [0.15, 0.2) is 12.1 Å². The molecule has 4 heteroatoms. The number of hydrogen-bond donors (Lipinski definition) is 2. The summed E-state index contributed by atoms with van der Waals surface area (Å²) in [5.74, 6) is -0.338. The summed E-state index contributed by atoms with van der Waals surface area (Å²) in [6.45, 7) is 0.124. The lowest BCUT2D eigenvalue weighted by molar-refractivity contribution is 0.0534. The molecular formula is C11H12O4. The summed E-state index contributed by atoms with van der Waals surface area (Å²) < 4.78 is 4.89. The van der Waals surface area contributed by atoms with E-state index >= 15 is 0 Å². The monoisotopic (exact) mass is 208 g/mol. The molecule has 0 aliphatic carbocycles. The van der Waals surface area contributed by atoms with Crippen LogP contribution in [0, 0.1) is 0 Å². The Bertz CT molecular complexity index is 398. The number of benzene rings is 1. The highest BCUT2D eigenvalue weighted by Crippen LogP contribution is 2.26. The quantitative estimate of drug-likeness (QED) is 0.705. The van der Waals surface area contributed by atoms with Crippen molar-refractivity contribution in [1.29, 1.82) is 0 Å². The summed E-state index contributed by atoms with van der Waals surface area (Å²) in [5.41, 5.74) is 2.87. The van der Waals surface area contributed by atoms with Crippen LogP contribution in [0.5, 0.6) is 0 Å². The van der Waals surface area contributed by atoms with Crippen LogP contribution >= 0.6 is 0 Å². The lowest BCUT2D eigenvalue weighted by atomic mass is 9.96. The molecule has 0 saturated carbocycles. The molecule has 0 aromatic heterocycles. The van der Waals surface area contributed by atoms with E-state index in [1.165, 1.54) is 0 Å². The van der Waals surface area contributed by atoms with Crippen molar-refractivity contribution in [3.05, 3.63) is 34.4 Å². The number of rotatable bonds is 3. The van der Waals surface area contributed by atoms with Gasteiger partial charge in [0.25, 0.3) is 0 Å². The minimum absolute atomic E-state index is 0.0284. The molecule has 1 heterocycles. The van der Waals surface area contributed by atoms with Crippen LogP contribution in [0.3, 0.4) is 0 Å². The number of carbonyl (C=O) groups excluding carboxylic acids is 1. The highest BCUT2D eigenvalue weighted by atomic mass is 16.5. The first kappa shape index (κ1) is 10.1. The maximum atomic E-state index is 11.2. The van der Waals surface area contributed by atoms with E-state index in [1.807, 2.05) is 0 Å². The Morgan fingerprint density at radius 2 is 2.13 bits per heavy atom. The fourth-order valence-corrected chi connectivity index (χ4v) is 1.86. The normalized spacial score (nSPS) is 13.9. The van der Waals surface area contributed by atoms with E-state index in [-0.39, 0.29) is 25.8 Å². The predicted octanol–water partition coefficient (Wildman–Crippen LogP) is 0.384. The van der Waals surface area contributed by atoms with Gasteiger partial charge in [0.1, 0.15) is 6.61 Å². The van der Waals surface area contributed by atoms with Crippen molar-refractivity contribution >= 4 is 5.97 Å². The Hall–Kier alpha value is -1.39. The Morgan fingerprint density at radius 3 is 2.80 bits per heavy atom. The zero-order chi connectivity index (χ0) is 10.8. The minimum atomic E-state index is -0.338. The Morgan fingerprint density at radius 1 is 1.33 bits per heavy atom. The molecule has 0 fully saturated rings. The van der Waals surface area contributed by atoms with Gasteiger partial charge in [-0.25, -0.2) is 4.79 Å². The topological polar surface area (TPSA) is 66.8 Å². The first-order chi connectivity index (χ1) is 7.27. The van der Waals surface area contributed by atoms with E-state index in [4.69, 9.17) is 9.84 Å². The molecule has 0 amide bonds. The summed E-state index contributed by atoms with van der Waals surface area (Å²) in [5, 5.41) is 18.1. The largest absolute Gasteiger partial charge is 0.457 e. The van der Waals surface area contributed by atoms with Gasteiger partial charge in [-0.1, -0.05) is 6.07 Å². The molecule has 1 aliphatic rings. The van der Waals surface area contributed by atoms with Crippen molar-refractivity contribution in [3.63, 3.8) is 0 Å². The number of aliphatic hydroxyl groups excluding tert-OH is 2. The lowest BCUT2D eigenvalue weighted by Gasteiger charge is -2.09. The van der Waals surface area contributed by atoms with Crippen molar-refractivity contribution in [3.8, 4) is 0 Å². The molecule has 4 nitrogen and oxygen atoms in total. The van der Waals surface area contributed by atoms with E-state index < -0.39 is 0 Å². The van der Waals surface area contributed by atoms with Crippen molar-refractivity contribution in [2.45, 2.75) is 19.6 Å². The maximum absolute atomic E-state index is 11.2. The molecule has 0 radical (unpaired) electrons. The first-order valence-corrected chi connectivity index (χ1v) is 4.80. The summed E-state index contributed by atoms with van der Waals surface area (Å²) in [6.07, 6.45) is 0.483. The maximum Gasteiger partial charge on any atom is 0.338 e. The molecule has 15 heavy (non-hydrogen) atoms. The van der Waals surface area contributed by atoms with Gasteiger partial charge < -0.3 is 14.9 Å². The molecule has 1 aliphatic heterocycles. The second-order valence-electron chi connectivity index (χ2n) is 3.44. The van der Waals surface area contributed by atoms with Crippen LogP contribution in [0.1, 0.15) is 27.0 Å². The number of aliphatic hydroxyl groups is 2. The zero-order valence-electron chi connectivity index (χ0n) is 8.19. The smallest absolute Gasteiger partial charge is 0.338 e. The average Bonchev–Trinajstić information content (AvgIpc) is 2.61. The van der Waals surface area contributed by atoms with Gasteiger partial charge >= 0.3 is 5.97 Å². The third kappa shape index (κ3) is 1.62. The molecule has 2 rings (SSSR count). The SMILES string of the molecule is O=C1OCc2c1ccc(CCO)c2CO. The number of fused-ring (bicyclic) bond motifs is 1. The fraction of sp³-hybridized carbons (Fsp3) is 0.364. The van der Waals surface area contributed by atoms with Gasteiger partial charge in [0.2, 0.25) is 0 Å². The van der Waals surface area contributed by atoms with Gasteiger partial charge in [-0.3, -0.25) is 0 Å². The van der Waals surface area contributed by atoms with E-state index in [2.05, 4.69) is 0 Å². The summed E-state index contributed by atoms with van der Waals surface area (Å²) in [7, 11) is 0. The fourth-order valence-electron chi connectivity index (χ4n) is 1.86. The molecule has 0 spiro atoms. The molecule has 1 aromatic rings. The first-order valence-electron chi connectivity index (χ1n) is 4.80. The summed E-state index contributed by atoms with van der Waals surface area (Å²) >= 11 is 0. The molecule has 2 N–H and O–H groups in total. The third-order valence-electron chi connectivity index (χ3n) is 2.63. The second-order valence-corrected chi connectivity index (χ2v) is 3.44. The van der Waals surface area contributed by atoms with Gasteiger partial charge in [0.05, 0.1) is 12.2 Å². The van der Waals surface area contributed by atoms with Crippen molar-refractivity contribution in [2.75, 3.05) is 6.61 Å². The number of cyclic esters (lactones) is 1. The lowest BCUT2D eigenvalue weighted by Crippen LogP contribution is -2.03. The average molecular weight is 208 g/mol. The number of carbonyl (C=O) groups is 1. The highest BCUT2D eigenvalue weighted by molar-refractivity contribution is 5.93. The Balaban J connectivity index is 2.50. The number of esters is 1. The van der Waals surface area contributed by atoms with Crippen molar-refractivity contribution in [1.82, 2.24) is 0 Å². The summed E-state index contributed by atoms with van der Waals surface area (Å²) in [6, 6.07) is 3.45. The van der Waals surface area contributed by atoms with Crippen LogP contribution in [0.4, 0.5) is 0 Å². The number of hydrogen-bond acceptors (Lipinski definition) is 4. The molecule has 0 bridgehead atoms. The molecule has 80 valence electrons. The Labute approximate surface area is 87.1 Å². The van der Waals surface area contributed by atoms with Gasteiger partial charge in [0, 0.05) is 12.2 Å². The molecule has 0 atom stereocenters. The second kappa shape index (κ2) is 4.00. The molecule has 1 aromatic carbocycles. The predicted molar refractivity (Wildman–Crippen MR) is 52.3 cm³/mol. The van der Waals surface area contributed by atoms with Crippen molar-refractivity contribution in [2.24, 2.45) is 0 Å². The van der Waals surface area contributed by atoms with Crippen LogP contribution in [-0.4, -0.2) is 22.8 Å². The van der Waals surface area contributed by atoms with Crippen LogP contribution < -0.4 is 0 Å². The van der Waals surface area contributed by atoms with E-state index in [0.717, 1.165) is 11.1 Å². The molecule has 0 unspecified atom stereocenters. The zero-order valence-corrected chi connectivity index (χ0v) is 8.19. The standard InChI is InChI=1S/C11H12O4/c12-4-3-7-1-2-8-10(9(7)5-13)6-15-11(8)14/h1-2,12-13H,3-6H2. The van der Waals surface area contributed by atoms with E-state index in [0.29, 0.717) is 17.5 Å². The minimum Gasteiger partial charge on any atom is -0.457 e. The summed E-state index contributed by atoms with van der Waals surface area (Å²) in [4.78, 5) is 11.2. The Kier molecular flexibility index (Phi) is 2.70.